The van der Waals surface area contributed by atoms with Gasteiger partial charge in [-0.2, -0.15) is 0 Å². The predicted molar refractivity (Wildman–Crippen MR) is 132 cm³/mol. The summed E-state index contributed by atoms with van der Waals surface area (Å²) in [6, 6.07) is 6.88. The van der Waals surface area contributed by atoms with Crippen LogP contribution in [-0.4, -0.2) is 42.7 Å². The van der Waals surface area contributed by atoms with Gasteiger partial charge < -0.3 is 21.3 Å². The summed E-state index contributed by atoms with van der Waals surface area (Å²) in [4.78, 5) is 16.7. The number of pyridine rings is 1. The number of aryl methyl sites for hydroxylation is 1. The number of aromatic nitrogens is 4. The molecule has 0 radical (unpaired) electrons. The molecule has 36 heavy (non-hydrogen) atoms. The smallest absolute Gasteiger partial charge is 0.251 e. The van der Waals surface area contributed by atoms with Crippen LogP contribution in [0.15, 0.2) is 36.5 Å². The molecule has 0 aliphatic heterocycles. The molecule has 3 aromatic heterocycles. The first-order valence-electron chi connectivity index (χ1n) is 10.9. The number of nitrogens with one attached hydrogen (secondary N) is 1. The van der Waals surface area contributed by atoms with Gasteiger partial charge in [0.1, 0.15) is 28.1 Å². The van der Waals surface area contributed by atoms with Crippen molar-refractivity contribution >= 4 is 28.1 Å². The van der Waals surface area contributed by atoms with Gasteiger partial charge in [-0.3, -0.25) is 4.79 Å². The maximum Gasteiger partial charge on any atom is 0.251 e. The van der Waals surface area contributed by atoms with Crippen molar-refractivity contribution in [3.63, 3.8) is 0 Å². The minimum atomic E-state index is -1.43. The Morgan fingerprint density at radius 2 is 1.92 bits per heavy atom. The highest BCUT2D eigenvalue weighted by atomic mass is 32.1. The van der Waals surface area contributed by atoms with E-state index in [9.17, 15) is 18.7 Å². The Morgan fingerprint density at radius 3 is 2.50 bits per heavy atom. The molecular formula is C24H24F2N6O3S. The van der Waals surface area contributed by atoms with Crippen molar-refractivity contribution in [1.82, 2.24) is 20.0 Å². The molecule has 4 aromatic rings. The van der Waals surface area contributed by atoms with Crippen LogP contribution >= 0.6 is 11.3 Å². The average molecular weight is 515 g/mol. The highest BCUT2D eigenvalue weighted by Gasteiger charge is 2.24. The van der Waals surface area contributed by atoms with E-state index in [1.54, 1.807) is 25.3 Å². The number of rotatable bonds is 8. The van der Waals surface area contributed by atoms with E-state index in [4.69, 9.17) is 10.8 Å². The average Bonchev–Trinajstić information content (AvgIpc) is 3.40. The second-order valence-corrected chi connectivity index (χ2v) is 9.69. The Balaban J connectivity index is 1.67. The second-order valence-electron chi connectivity index (χ2n) is 8.64. The van der Waals surface area contributed by atoms with E-state index in [2.05, 4.69) is 20.6 Å². The molecule has 0 atom stereocenters. The van der Waals surface area contributed by atoms with Crippen LogP contribution in [0.25, 0.3) is 21.7 Å². The summed E-state index contributed by atoms with van der Waals surface area (Å²) in [6.45, 7) is 4.88. The van der Waals surface area contributed by atoms with Gasteiger partial charge in [0.25, 0.3) is 5.91 Å². The molecule has 5 N–H and O–H groups in total. The predicted octanol–water partition coefficient (Wildman–Crippen LogP) is 3.72. The first-order chi connectivity index (χ1) is 17.0. The number of amides is 1. The van der Waals surface area contributed by atoms with Gasteiger partial charge in [-0.15, -0.1) is 16.4 Å². The fourth-order valence-electron chi connectivity index (χ4n) is 3.60. The zero-order valence-corrected chi connectivity index (χ0v) is 20.5. The minimum Gasteiger partial charge on any atom is -0.394 e. The summed E-state index contributed by atoms with van der Waals surface area (Å²) < 4.78 is 31.3. The number of nitrogens with zero attached hydrogens (tertiary/aromatic N) is 4. The topological polar surface area (TPSA) is 139 Å². The molecule has 0 saturated heterocycles. The lowest BCUT2D eigenvalue weighted by Crippen LogP contribution is -2.16. The Hall–Kier alpha value is -3.74. The van der Waals surface area contributed by atoms with Gasteiger partial charge in [0, 0.05) is 16.1 Å². The van der Waals surface area contributed by atoms with Crippen LogP contribution in [-0.2, 0) is 12.1 Å². The Morgan fingerprint density at radius 1 is 1.22 bits per heavy atom. The van der Waals surface area contributed by atoms with E-state index >= 15 is 0 Å². The number of thiophene rings is 1. The second kappa shape index (κ2) is 9.72. The van der Waals surface area contributed by atoms with E-state index in [0.717, 1.165) is 29.0 Å². The van der Waals surface area contributed by atoms with Crippen LogP contribution in [0.2, 0.25) is 0 Å². The van der Waals surface area contributed by atoms with Crippen molar-refractivity contribution in [1.29, 1.82) is 0 Å². The Kier molecular flexibility index (Phi) is 6.85. The van der Waals surface area contributed by atoms with E-state index in [1.165, 1.54) is 24.6 Å². The van der Waals surface area contributed by atoms with Crippen molar-refractivity contribution in [2.75, 3.05) is 11.9 Å². The number of hydrogen-bond donors (Lipinski definition) is 4. The number of hydrogen-bond acceptors (Lipinski definition) is 8. The third-order valence-corrected chi connectivity index (χ3v) is 6.53. The first-order valence-corrected chi connectivity index (χ1v) is 11.7. The fraction of sp³-hybridized carbons (Fsp3) is 0.250. The molecule has 3 heterocycles. The number of halogens is 2. The first kappa shape index (κ1) is 25.4. The quantitative estimate of drug-likeness (QED) is 0.281. The lowest BCUT2D eigenvalue weighted by Gasteiger charge is -2.18. The van der Waals surface area contributed by atoms with Gasteiger partial charge in [0.05, 0.1) is 36.1 Å². The molecule has 0 unspecified atom stereocenters. The summed E-state index contributed by atoms with van der Waals surface area (Å²) in [6.07, 6.45) is 1.69. The van der Waals surface area contributed by atoms with Crippen LogP contribution in [0.5, 0.6) is 0 Å². The van der Waals surface area contributed by atoms with Crippen molar-refractivity contribution < 1.29 is 23.8 Å². The molecule has 9 nitrogen and oxygen atoms in total. The normalized spacial score (nSPS) is 11.6. The number of nitrogens with two attached hydrogens (primary N) is 1. The standard InChI is InChI=1S/C24H24F2N6O3S/c1-12-14(18-11-32(6-7-33)31-30-18)4-5-20(28-12)29-23-15(22(27)34)10-19(36-23)21-16(25)8-13(9-17(21)26)24(2,3)35/h4-5,8-11,33,35H,6-7H2,1-3H3,(H2,27,34)(H,28,29). The number of primary amides is 1. The van der Waals surface area contributed by atoms with E-state index < -0.39 is 23.1 Å². The van der Waals surface area contributed by atoms with Crippen LogP contribution in [0.4, 0.5) is 19.6 Å². The number of aliphatic hydroxyl groups excluding tert-OH is 1. The zero-order valence-electron chi connectivity index (χ0n) is 19.7. The third-order valence-electron chi connectivity index (χ3n) is 5.46. The molecule has 0 aliphatic rings. The molecule has 0 fully saturated rings. The number of carbonyl (C=O) groups excluding carboxylic acids is 1. The lowest BCUT2D eigenvalue weighted by molar-refractivity contribution is 0.0778. The highest BCUT2D eigenvalue weighted by Crippen LogP contribution is 2.40. The molecule has 0 bridgehead atoms. The molecule has 188 valence electrons. The molecule has 0 saturated carbocycles. The van der Waals surface area contributed by atoms with Gasteiger partial charge >= 0.3 is 0 Å². The van der Waals surface area contributed by atoms with Crippen LogP contribution in [0.1, 0.15) is 35.5 Å². The highest BCUT2D eigenvalue weighted by molar-refractivity contribution is 7.20. The van der Waals surface area contributed by atoms with Crippen molar-refractivity contribution in [2.24, 2.45) is 5.73 Å². The van der Waals surface area contributed by atoms with Crippen LogP contribution in [0.3, 0.4) is 0 Å². The van der Waals surface area contributed by atoms with Gasteiger partial charge in [-0.1, -0.05) is 5.21 Å². The van der Waals surface area contributed by atoms with E-state index in [0.29, 0.717) is 23.8 Å². The monoisotopic (exact) mass is 514 g/mol. The lowest BCUT2D eigenvalue weighted by atomic mass is 9.96. The zero-order chi connectivity index (χ0) is 26.2. The maximum absolute atomic E-state index is 14.9. The summed E-state index contributed by atoms with van der Waals surface area (Å²) in [5, 5.41) is 30.5. The maximum atomic E-state index is 14.9. The molecule has 12 heteroatoms. The Bertz CT molecular complexity index is 1420. The minimum absolute atomic E-state index is 0.0517. The SMILES string of the molecule is Cc1nc(Nc2sc(-c3c(F)cc(C(C)(C)O)cc3F)cc2C(N)=O)ccc1-c1cn(CCO)nn1. The summed E-state index contributed by atoms with van der Waals surface area (Å²) in [5.74, 6) is -2.14. The molecule has 1 aromatic carbocycles. The van der Waals surface area contributed by atoms with E-state index in [-0.39, 0.29) is 33.2 Å². The van der Waals surface area contributed by atoms with Gasteiger partial charge in [-0.05, 0) is 56.7 Å². The summed E-state index contributed by atoms with van der Waals surface area (Å²) >= 11 is 0.949. The summed E-state index contributed by atoms with van der Waals surface area (Å²) in [5.41, 5.74) is 5.83. The molecule has 0 spiro atoms. The number of benzene rings is 1. The van der Waals surface area contributed by atoms with Gasteiger partial charge in [-0.25, -0.2) is 18.4 Å². The fourth-order valence-corrected chi connectivity index (χ4v) is 4.72. The third kappa shape index (κ3) is 5.10. The summed E-state index contributed by atoms with van der Waals surface area (Å²) in [7, 11) is 0. The van der Waals surface area contributed by atoms with Gasteiger partial charge in [0.15, 0.2) is 0 Å². The molecule has 1 amide bonds. The number of carbonyl (C=O) groups is 1. The number of aliphatic hydroxyl groups is 2. The van der Waals surface area contributed by atoms with Gasteiger partial charge in [0.2, 0.25) is 0 Å². The molecule has 0 aliphatic carbocycles. The van der Waals surface area contributed by atoms with Crippen LogP contribution in [0, 0.1) is 18.6 Å². The largest absolute Gasteiger partial charge is 0.394 e. The molecule has 4 rings (SSSR count). The Labute approximate surface area is 209 Å². The number of anilines is 2. The van der Waals surface area contributed by atoms with Crippen molar-refractivity contribution in [3.05, 3.63) is 65.0 Å². The van der Waals surface area contributed by atoms with Crippen molar-refractivity contribution in [3.8, 4) is 21.7 Å². The van der Waals surface area contributed by atoms with Crippen LogP contribution < -0.4 is 11.1 Å². The molecular weight excluding hydrogens is 490 g/mol. The van der Waals surface area contributed by atoms with E-state index in [1.807, 2.05) is 0 Å². The van der Waals surface area contributed by atoms with Crippen molar-refractivity contribution in [2.45, 2.75) is 32.9 Å².